The van der Waals surface area contributed by atoms with Crippen LogP contribution in [0, 0.1) is 0 Å². The molecule has 0 aliphatic carbocycles. The Kier molecular flexibility index (Phi) is 3.80. The molecule has 1 heterocycles. The van der Waals surface area contributed by atoms with Crippen LogP contribution >= 0.6 is 0 Å². The summed E-state index contributed by atoms with van der Waals surface area (Å²) in [6, 6.07) is 13.9. The maximum absolute atomic E-state index is 13.1. The van der Waals surface area contributed by atoms with Gasteiger partial charge in [0.05, 0.1) is 12.8 Å². The number of fused-ring (bicyclic) bond motifs is 1. The Hall–Kier alpha value is -2.05. The molecular weight excluding hydrogens is 300 g/mol. The van der Waals surface area contributed by atoms with Crippen molar-refractivity contribution in [3.05, 3.63) is 54.1 Å². The second-order valence-electron chi connectivity index (χ2n) is 5.28. The molecule has 2 aromatic rings. The number of ether oxygens (including phenoxy) is 1. The van der Waals surface area contributed by atoms with E-state index in [0.29, 0.717) is 17.9 Å². The average molecular weight is 318 g/mol. The zero-order chi connectivity index (χ0) is 15.7. The highest BCUT2D eigenvalue weighted by molar-refractivity contribution is 7.93. The largest absolute Gasteiger partial charge is 0.495 e. The van der Waals surface area contributed by atoms with Crippen molar-refractivity contribution in [3.63, 3.8) is 0 Å². The highest BCUT2D eigenvalue weighted by atomic mass is 32.2. The van der Waals surface area contributed by atoms with E-state index >= 15 is 0 Å². The summed E-state index contributed by atoms with van der Waals surface area (Å²) in [7, 11) is -2.26. The van der Waals surface area contributed by atoms with Gasteiger partial charge in [-0.15, -0.1) is 0 Å². The summed E-state index contributed by atoms with van der Waals surface area (Å²) < 4.78 is 32.7. The predicted molar refractivity (Wildman–Crippen MR) is 85.6 cm³/mol. The molecule has 6 heteroatoms. The lowest BCUT2D eigenvalue weighted by molar-refractivity contribution is 0.402. The third-order valence-corrected chi connectivity index (χ3v) is 5.60. The first-order valence-electron chi connectivity index (χ1n) is 7.03. The summed E-state index contributed by atoms with van der Waals surface area (Å²) in [6.07, 6.45) is 0.675. The van der Waals surface area contributed by atoms with Gasteiger partial charge in [0.1, 0.15) is 10.6 Å². The van der Waals surface area contributed by atoms with Gasteiger partial charge in [-0.1, -0.05) is 30.3 Å². The van der Waals surface area contributed by atoms with Crippen LogP contribution < -0.4 is 14.8 Å². The SMILES string of the molecule is COc1ccccc1S(=O)(=O)N1CC(N)Cc2ccccc21. The number of benzene rings is 2. The van der Waals surface area contributed by atoms with Gasteiger partial charge in [-0.25, -0.2) is 8.42 Å². The lowest BCUT2D eigenvalue weighted by atomic mass is 10.0. The van der Waals surface area contributed by atoms with Crippen molar-refractivity contribution in [2.75, 3.05) is 18.0 Å². The summed E-state index contributed by atoms with van der Waals surface area (Å²) in [5, 5.41) is 0. The number of methoxy groups -OCH3 is 1. The molecule has 0 bridgehead atoms. The number of rotatable bonds is 3. The van der Waals surface area contributed by atoms with Crippen molar-refractivity contribution in [1.29, 1.82) is 0 Å². The zero-order valence-corrected chi connectivity index (χ0v) is 13.1. The quantitative estimate of drug-likeness (QED) is 0.936. The molecule has 0 saturated heterocycles. The lowest BCUT2D eigenvalue weighted by Gasteiger charge is -2.34. The van der Waals surface area contributed by atoms with Crippen LogP contribution in [0.2, 0.25) is 0 Å². The first-order valence-corrected chi connectivity index (χ1v) is 8.47. The highest BCUT2D eigenvalue weighted by Crippen LogP contribution is 2.34. The van der Waals surface area contributed by atoms with E-state index in [4.69, 9.17) is 10.5 Å². The van der Waals surface area contributed by atoms with Crippen LogP contribution in [-0.4, -0.2) is 28.1 Å². The van der Waals surface area contributed by atoms with E-state index < -0.39 is 10.0 Å². The standard InChI is InChI=1S/C16H18N2O3S/c1-21-15-8-4-5-9-16(15)22(19,20)18-11-13(17)10-12-6-2-3-7-14(12)18/h2-9,13H,10-11,17H2,1H3. The molecular formula is C16H18N2O3S. The molecule has 22 heavy (non-hydrogen) atoms. The van der Waals surface area contributed by atoms with Crippen LogP contribution in [0.15, 0.2) is 53.4 Å². The fourth-order valence-electron chi connectivity index (χ4n) is 2.76. The smallest absolute Gasteiger partial charge is 0.268 e. The van der Waals surface area contributed by atoms with Gasteiger partial charge in [-0.05, 0) is 30.2 Å². The van der Waals surface area contributed by atoms with E-state index in [1.165, 1.54) is 11.4 Å². The van der Waals surface area contributed by atoms with Crippen LogP contribution in [0.1, 0.15) is 5.56 Å². The third-order valence-electron chi connectivity index (χ3n) is 3.78. The molecule has 5 nitrogen and oxygen atoms in total. The Balaban J connectivity index is 2.14. The fraction of sp³-hybridized carbons (Fsp3) is 0.250. The fourth-order valence-corrected chi connectivity index (χ4v) is 4.48. The van der Waals surface area contributed by atoms with E-state index in [2.05, 4.69) is 0 Å². The van der Waals surface area contributed by atoms with Gasteiger partial charge in [0, 0.05) is 12.6 Å². The molecule has 0 spiro atoms. The maximum atomic E-state index is 13.1. The monoisotopic (exact) mass is 318 g/mol. The van der Waals surface area contributed by atoms with E-state index in [9.17, 15) is 8.42 Å². The van der Waals surface area contributed by atoms with Crippen molar-refractivity contribution < 1.29 is 13.2 Å². The van der Waals surface area contributed by atoms with Crippen molar-refractivity contribution in [2.45, 2.75) is 17.4 Å². The van der Waals surface area contributed by atoms with Gasteiger partial charge in [0.15, 0.2) is 0 Å². The molecule has 2 aromatic carbocycles. The topological polar surface area (TPSA) is 72.6 Å². The van der Waals surface area contributed by atoms with Crippen molar-refractivity contribution >= 4 is 15.7 Å². The van der Waals surface area contributed by atoms with Crippen LogP contribution in [0.4, 0.5) is 5.69 Å². The van der Waals surface area contributed by atoms with Crippen LogP contribution in [-0.2, 0) is 16.4 Å². The van der Waals surface area contributed by atoms with E-state index in [1.54, 1.807) is 24.3 Å². The molecule has 1 unspecified atom stereocenters. The van der Waals surface area contributed by atoms with Crippen LogP contribution in [0.3, 0.4) is 0 Å². The van der Waals surface area contributed by atoms with Crippen LogP contribution in [0.5, 0.6) is 5.75 Å². The van der Waals surface area contributed by atoms with Crippen LogP contribution in [0.25, 0.3) is 0 Å². The predicted octanol–water partition coefficient (Wildman–Crippen LogP) is 1.77. The number of hydrogen-bond donors (Lipinski definition) is 1. The van der Waals surface area contributed by atoms with Crippen molar-refractivity contribution in [1.82, 2.24) is 0 Å². The van der Waals surface area contributed by atoms with Gasteiger partial charge in [0.2, 0.25) is 0 Å². The van der Waals surface area contributed by atoms with Gasteiger partial charge < -0.3 is 10.5 Å². The Morgan fingerprint density at radius 2 is 1.82 bits per heavy atom. The minimum absolute atomic E-state index is 0.154. The van der Waals surface area contributed by atoms with Crippen molar-refractivity contribution in [3.8, 4) is 5.75 Å². The molecule has 2 N–H and O–H groups in total. The lowest BCUT2D eigenvalue weighted by Crippen LogP contribution is -2.46. The van der Waals surface area contributed by atoms with Gasteiger partial charge in [-0.3, -0.25) is 4.31 Å². The van der Waals surface area contributed by atoms with Gasteiger partial charge in [0.25, 0.3) is 10.0 Å². The molecule has 0 radical (unpaired) electrons. The van der Waals surface area contributed by atoms with E-state index in [0.717, 1.165) is 5.56 Å². The Morgan fingerprint density at radius 1 is 1.14 bits per heavy atom. The second-order valence-corrected chi connectivity index (χ2v) is 7.11. The third kappa shape index (κ3) is 2.44. The summed E-state index contributed by atoms with van der Waals surface area (Å²) in [5.74, 6) is 0.333. The summed E-state index contributed by atoms with van der Waals surface area (Å²) in [6.45, 7) is 0.261. The summed E-state index contributed by atoms with van der Waals surface area (Å²) in [5.41, 5.74) is 7.68. The molecule has 116 valence electrons. The van der Waals surface area contributed by atoms with E-state index in [-0.39, 0.29) is 17.5 Å². The summed E-state index contributed by atoms with van der Waals surface area (Å²) >= 11 is 0. The molecule has 0 aromatic heterocycles. The molecule has 1 aliphatic rings. The zero-order valence-electron chi connectivity index (χ0n) is 12.3. The number of sulfonamides is 1. The molecule has 0 fully saturated rings. The number of para-hydroxylation sites is 2. The maximum Gasteiger partial charge on any atom is 0.268 e. The number of anilines is 1. The normalized spacial score (nSPS) is 17.9. The Labute approximate surface area is 130 Å². The first kappa shape index (κ1) is 14.9. The number of nitrogens with zero attached hydrogens (tertiary/aromatic N) is 1. The number of hydrogen-bond acceptors (Lipinski definition) is 4. The molecule has 3 rings (SSSR count). The van der Waals surface area contributed by atoms with Crippen molar-refractivity contribution in [2.24, 2.45) is 5.73 Å². The van der Waals surface area contributed by atoms with Gasteiger partial charge in [-0.2, -0.15) is 0 Å². The minimum Gasteiger partial charge on any atom is -0.495 e. The van der Waals surface area contributed by atoms with Gasteiger partial charge >= 0.3 is 0 Å². The minimum atomic E-state index is -3.72. The molecule has 1 atom stereocenters. The molecule has 0 saturated carbocycles. The molecule has 0 amide bonds. The summed E-state index contributed by atoms with van der Waals surface area (Å²) in [4.78, 5) is 0.154. The Morgan fingerprint density at radius 3 is 2.59 bits per heavy atom. The first-order chi connectivity index (χ1) is 10.5. The second kappa shape index (κ2) is 5.62. The average Bonchev–Trinajstić information content (AvgIpc) is 2.53. The Bertz CT molecular complexity index is 789. The van der Waals surface area contributed by atoms with E-state index in [1.807, 2.05) is 24.3 Å². The highest BCUT2D eigenvalue weighted by Gasteiger charge is 2.33. The molecule has 1 aliphatic heterocycles. The number of nitrogens with two attached hydrogens (primary N) is 1.